The number of aryl methyl sites for hydroxylation is 1. The van der Waals surface area contributed by atoms with E-state index >= 15 is 0 Å². The maximum absolute atomic E-state index is 11.9. The maximum Gasteiger partial charge on any atom is 0.344 e. The fraction of sp³-hybridized carbons (Fsp3) is 0.381. The monoisotopic (exact) mass is 404 g/mol. The van der Waals surface area contributed by atoms with Crippen LogP contribution in [0.25, 0.3) is 6.08 Å². The molecule has 0 N–H and O–H groups in total. The van der Waals surface area contributed by atoms with Crippen LogP contribution in [0, 0.1) is 13.8 Å². The number of carbonyl (C=O) groups excluding carboxylic acids is 2. The first-order chi connectivity index (χ1) is 13.1. The minimum absolute atomic E-state index is 0.426. The lowest BCUT2D eigenvalue weighted by atomic mass is 10.1. The Morgan fingerprint density at radius 1 is 1.21 bits per heavy atom. The molecule has 0 unspecified atom stereocenters. The number of rotatable bonds is 6. The lowest BCUT2D eigenvalue weighted by Gasteiger charge is -2.19. The zero-order valence-corrected chi connectivity index (χ0v) is 17.5. The number of hydrogen-bond acceptors (Lipinski definition) is 5. The summed E-state index contributed by atoms with van der Waals surface area (Å²) < 4.78 is 11.9. The number of ether oxygens (including phenoxy) is 2. The van der Waals surface area contributed by atoms with Gasteiger partial charge in [0, 0.05) is 22.4 Å². The van der Waals surface area contributed by atoms with Crippen LogP contribution in [0.3, 0.4) is 0 Å². The first-order valence-corrected chi connectivity index (χ1v) is 9.28. The highest BCUT2D eigenvalue weighted by atomic mass is 35.5. The zero-order chi connectivity index (χ0) is 20.9. The fourth-order valence-electron chi connectivity index (χ4n) is 2.59. The summed E-state index contributed by atoms with van der Waals surface area (Å²) in [4.78, 5) is 23.5. The number of halogens is 1. The van der Waals surface area contributed by atoms with Gasteiger partial charge in [0.1, 0.15) is 5.60 Å². The van der Waals surface area contributed by atoms with Crippen molar-refractivity contribution < 1.29 is 19.1 Å². The topological polar surface area (TPSA) is 70.4 Å². The molecular formula is C21H25ClN2O4. The van der Waals surface area contributed by atoms with Crippen molar-refractivity contribution in [2.24, 2.45) is 0 Å². The lowest BCUT2D eigenvalue weighted by molar-refractivity contribution is -0.164. The molecule has 0 fully saturated rings. The van der Waals surface area contributed by atoms with Gasteiger partial charge in [-0.1, -0.05) is 29.8 Å². The molecular weight excluding hydrogens is 380 g/mol. The second-order valence-electron chi connectivity index (χ2n) is 7.36. The Labute approximate surface area is 170 Å². The summed E-state index contributed by atoms with van der Waals surface area (Å²) in [5, 5.41) is 5.20. The van der Waals surface area contributed by atoms with E-state index in [-0.39, 0.29) is 0 Å². The summed E-state index contributed by atoms with van der Waals surface area (Å²) in [6, 6.07) is 7.59. The Balaban J connectivity index is 2.02. The van der Waals surface area contributed by atoms with E-state index in [1.54, 1.807) is 26.8 Å². The van der Waals surface area contributed by atoms with Gasteiger partial charge in [-0.2, -0.15) is 5.10 Å². The molecule has 2 aromatic rings. The van der Waals surface area contributed by atoms with Crippen LogP contribution in [0.5, 0.6) is 0 Å². The van der Waals surface area contributed by atoms with Gasteiger partial charge >= 0.3 is 11.9 Å². The Morgan fingerprint density at radius 2 is 1.89 bits per heavy atom. The summed E-state index contributed by atoms with van der Waals surface area (Å²) in [5.41, 5.74) is 2.83. The van der Waals surface area contributed by atoms with E-state index in [0.29, 0.717) is 11.6 Å². The lowest BCUT2D eigenvalue weighted by Crippen LogP contribution is -2.27. The van der Waals surface area contributed by atoms with E-state index in [4.69, 9.17) is 21.1 Å². The second kappa shape index (κ2) is 9.06. The maximum atomic E-state index is 11.9. The molecule has 0 spiro atoms. The van der Waals surface area contributed by atoms with Crippen molar-refractivity contribution in [3.63, 3.8) is 0 Å². The predicted molar refractivity (Wildman–Crippen MR) is 108 cm³/mol. The first kappa shape index (κ1) is 21.7. The van der Waals surface area contributed by atoms with Crippen molar-refractivity contribution in [1.29, 1.82) is 0 Å². The summed E-state index contributed by atoms with van der Waals surface area (Å²) in [6.07, 6.45) is 2.92. The minimum Gasteiger partial charge on any atom is -0.457 e. The van der Waals surface area contributed by atoms with Crippen LogP contribution >= 0.6 is 11.6 Å². The van der Waals surface area contributed by atoms with Crippen LogP contribution in [-0.2, 0) is 25.6 Å². The van der Waals surface area contributed by atoms with Crippen LogP contribution in [0.4, 0.5) is 0 Å². The summed E-state index contributed by atoms with van der Waals surface area (Å²) in [5.74, 6) is -1.21. The van der Waals surface area contributed by atoms with E-state index < -0.39 is 24.1 Å². The van der Waals surface area contributed by atoms with Gasteiger partial charge in [0.05, 0.1) is 12.2 Å². The van der Waals surface area contributed by atoms with E-state index in [2.05, 4.69) is 5.10 Å². The molecule has 0 aliphatic heterocycles. The minimum atomic E-state index is -0.622. The van der Waals surface area contributed by atoms with Crippen LogP contribution in [-0.4, -0.2) is 33.9 Å². The molecule has 0 saturated carbocycles. The Kier molecular flexibility index (Phi) is 7.02. The zero-order valence-electron chi connectivity index (χ0n) is 16.8. The fourth-order valence-corrected chi connectivity index (χ4v) is 2.79. The molecule has 2 rings (SSSR count). The van der Waals surface area contributed by atoms with Gasteiger partial charge in [-0.25, -0.2) is 9.59 Å². The van der Waals surface area contributed by atoms with Crippen molar-refractivity contribution >= 4 is 29.6 Å². The number of aromatic nitrogens is 2. The van der Waals surface area contributed by atoms with Gasteiger partial charge in [0.15, 0.2) is 6.61 Å². The third kappa shape index (κ3) is 6.23. The number of carbonyl (C=O) groups is 2. The quantitative estimate of drug-likeness (QED) is 0.535. The summed E-state index contributed by atoms with van der Waals surface area (Å²) in [6.45, 7) is 9.13. The molecule has 150 valence electrons. The molecule has 28 heavy (non-hydrogen) atoms. The normalized spacial score (nSPS) is 11.6. The molecule has 7 heteroatoms. The third-order valence-corrected chi connectivity index (χ3v) is 4.22. The van der Waals surface area contributed by atoms with Crippen molar-refractivity contribution in [1.82, 2.24) is 9.78 Å². The van der Waals surface area contributed by atoms with Gasteiger partial charge in [-0.15, -0.1) is 0 Å². The van der Waals surface area contributed by atoms with Crippen LogP contribution in [0.1, 0.15) is 43.3 Å². The molecule has 0 saturated heterocycles. The average molecular weight is 405 g/mol. The van der Waals surface area contributed by atoms with Gasteiger partial charge in [0.2, 0.25) is 0 Å². The van der Waals surface area contributed by atoms with Crippen molar-refractivity contribution in [3.8, 4) is 0 Å². The second-order valence-corrected chi connectivity index (χ2v) is 7.77. The SMILES string of the molecule is Cc1nn(Cc2ccccc2Cl)c(C)c1/C=C/C(=O)OCC(=O)OC(C)(C)C. The number of esters is 2. The van der Waals surface area contributed by atoms with E-state index in [1.165, 1.54) is 6.08 Å². The average Bonchev–Trinajstić information content (AvgIpc) is 2.85. The van der Waals surface area contributed by atoms with Crippen LogP contribution in [0.15, 0.2) is 30.3 Å². The Bertz CT molecular complexity index is 894. The molecule has 0 radical (unpaired) electrons. The Hall–Kier alpha value is -2.60. The van der Waals surface area contributed by atoms with Crippen molar-refractivity contribution in [2.45, 2.75) is 46.8 Å². The van der Waals surface area contributed by atoms with Gasteiger partial charge in [-0.3, -0.25) is 4.68 Å². The van der Waals surface area contributed by atoms with Gasteiger partial charge in [-0.05, 0) is 52.3 Å². The molecule has 1 heterocycles. The summed E-state index contributed by atoms with van der Waals surface area (Å²) >= 11 is 6.22. The number of benzene rings is 1. The van der Waals surface area contributed by atoms with Crippen molar-refractivity contribution in [2.75, 3.05) is 6.61 Å². The largest absolute Gasteiger partial charge is 0.457 e. The smallest absolute Gasteiger partial charge is 0.344 e. The van der Waals surface area contributed by atoms with E-state index in [0.717, 1.165) is 22.5 Å². The first-order valence-electron chi connectivity index (χ1n) is 8.91. The van der Waals surface area contributed by atoms with Crippen LogP contribution in [0.2, 0.25) is 5.02 Å². The molecule has 1 aromatic heterocycles. The molecule has 6 nitrogen and oxygen atoms in total. The molecule has 1 aromatic carbocycles. The van der Waals surface area contributed by atoms with Gasteiger partial charge < -0.3 is 9.47 Å². The molecule has 0 amide bonds. The molecule has 0 aliphatic carbocycles. The summed E-state index contributed by atoms with van der Waals surface area (Å²) in [7, 11) is 0. The molecule has 0 atom stereocenters. The number of hydrogen-bond donors (Lipinski definition) is 0. The Morgan fingerprint density at radius 3 is 2.54 bits per heavy atom. The molecule has 0 aliphatic rings. The highest BCUT2D eigenvalue weighted by molar-refractivity contribution is 6.31. The van der Waals surface area contributed by atoms with E-state index in [9.17, 15) is 9.59 Å². The van der Waals surface area contributed by atoms with E-state index in [1.807, 2.05) is 42.8 Å². The van der Waals surface area contributed by atoms with Gasteiger partial charge in [0.25, 0.3) is 0 Å². The standard InChI is InChI=1S/C21H25ClN2O4/c1-14-17(10-11-19(25)27-13-20(26)28-21(3,4)5)15(2)24(23-14)12-16-8-6-7-9-18(16)22/h6-11H,12-13H2,1-5H3/b11-10+. The third-order valence-electron chi connectivity index (χ3n) is 3.85. The number of nitrogens with zero attached hydrogens (tertiary/aromatic N) is 2. The van der Waals surface area contributed by atoms with Crippen molar-refractivity contribution in [3.05, 3.63) is 57.9 Å². The highest BCUT2D eigenvalue weighted by Crippen LogP contribution is 2.20. The predicted octanol–water partition coefficient (Wildman–Crippen LogP) is 4.10. The highest BCUT2D eigenvalue weighted by Gasteiger charge is 2.17. The molecule has 0 bridgehead atoms. The van der Waals surface area contributed by atoms with Crippen LogP contribution < -0.4 is 0 Å².